The van der Waals surface area contributed by atoms with Crippen molar-refractivity contribution in [1.29, 1.82) is 0 Å². The van der Waals surface area contributed by atoms with Crippen molar-refractivity contribution in [2.45, 2.75) is 37.1 Å². The minimum atomic E-state index is -0.490. The number of anilines is 1. The number of ether oxygens (including phenoxy) is 2. The largest absolute Gasteiger partial charge is 0.353 e. The molecule has 0 unspecified atom stereocenters. The Morgan fingerprint density at radius 2 is 1.79 bits per heavy atom. The third kappa shape index (κ3) is 6.20. The number of rotatable bonds is 6. The Bertz CT molecular complexity index is 838. The molecule has 0 saturated carbocycles. The Morgan fingerprint density at radius 3 is 2.45 bits per heavy atom. The molecule has 182 valence electrons. The van der Waals surface area contributed by atoms with Crippen LogP contribution in [-0.4, -0.2) is 102 Å². The van der Waals surface area contributed by atoms with Gasteiger partial charge in [-0.15, -0.1) is 0 Å². The average Bonchev–Trinajstić information content (AvgIpc) is 3.29. The van der Waals surface area contributed by atoms with Crippen LogP contribution in [0.2, 0.25) is 5.15 Å². The van der Waals surface area contributed by atoms with Crippen molar-refractivity contribution in [3.8, 4) is 0 Å². The maximum Gasteiger partial charge on any atom is 0.317 e. The fourth-order valence-electron chi connectivity index (χ4n) is 4.19. The summed E-state index contributed by atoms with van der Waals surface area (Å²) in [7, 11) is 0. The number of urea groups is 1. The van der Waals surface area contributed by atoms with E-state index in [9.17, 15) is 9.59 Å². The Morgan fingerprint density at radius 1 is 1.09 bits per heavy atom. The minimum absolute atomic E-state index is 0.0262. The van der Waals surface area contributed by atoms with E-state index in [4.69, 9.17) is 21.1 Å². The Hall–Kier alpha value is -1.82. The van der Waals surface area contributed by atoms with Crippen LogP contribution in [0, 0.1) is 0 Å². The van der Waals surface area contributed by atoms with Crippen molar-refractivity contribution in [3.63, 3.8) is 0 Å². The molecule has 3 amide bonds. The first-order valence-corrected chi connectivity index (χ1v) is 12.9. The van der Waals surface area contributed by atoms with Gasteiger partial charge in [0, 0.05) is 64.7 Å². The topological polar surface area (TPSA) is 100 Å². The summed E-state index contributed by atoms with van der Waals surface area (Å²) < 4.78 is 11.5. The number of piperazine rings is 1. The summed E-state index contributed by atoms with van der Waals surface area (Å²) in [6.07, 6.45) is 2.31. The molecular formula is C21H31ClN6O4S. The molecule has 3 saturated heterocycles. The van der Waals surface area contributed by atoms with Crippen LogP contribution >= 0.6 is 23.4 Å². The number of halogens is 1. The zero-order chi connectivity index (χ0) is 23.3. The van der Waals surface area contributed by atoms with Crippen LogP contribution in [0.1, 0.15) is 26.2 Å². The van der Waals surface area contributed by atoms with Crippen molar-refractivity contribution in [1.82, 2.24) is 25.1 Å². The minimum Gasteiger partial charge on any atom is -0.353 e. The highest BCUT2D eigenvalue weighted by molar-refractivity contribution is 7.99. The van der Waals surface area contributed by atoms with E-state index < -0.39 is 5.79 Å². The predicted molar refractivity (Wildman–Crippen MR) is 126 cm³/mol. The van der Waals surface area contributed by atoms with Gasteiger partial charge in [-0.3, -0.25) is 4.79 Å². The number of amides is 3. The molecule has 3 fully saturated rings. The first-order valence-electron chi connectivity index (χ1n) is 11.5. The molecule has 0 aliphatic carbocycles. The second-order valence-corrected chi connectivity index (χ2v) is 9.64. The molecule has 33 heavy (non-hydrogen) atoms. The fourth-order valence-corrected chi connectivity index (χ4v) is 5.18. The Balaban J connectivity index is 1.27. The molecule has 0 bridgehead atoms. The SMILES string of the molecule is CCCNC(=O)N1CCN(c2cc(Cl)nc(SCC(=O)N3CCC4(CC3)OCCO4)n2)CC1. The van der Waals surface area contributed by atoms with Crippen LogP contribution in [0.5, 0.6) is 0 Å². The lowest BCUT2D eigenvalue weighted by Gasteiger charge is -2.37. The molecule has 1 aromatic heterocycles. The summed E-state index contributed by atoms with van der Waals surface area (Å²) in [6, 6.07) is 1.70. The highest BCUT2D eigenvalue weighted by atomic mass is 35.5. The summed E-state index contributed by atoms with van der Waals surface area (Å²) in [6.45, 7) is 7.75. The molecule has 0 aromatic carbocycles. The van der Waals surface area contributed by atoms with E-state index in [0.29, 0.717) is 88.0 Å². The van der Waals surface area contributed by atoms with Gasteiger partial charge >= 0.3 is 6.03 Å². The first kappa shape index (κ1) is 24.3. The van der Waals surface area contributed by atoms with E-state index in [2.05, 4.69) is 20.2 Å². The van der Waals surface area contributed by atoms with Crippen LogP contribution in [-0.2, 0) is 14.3 Å². The highest BCUT2D eigenvalue weighted by Gasteiger charge is 2.40. The van der Waals surface area contributed by atoms with Gasteiger partial charge in [-0.2, -0.15) is 0 Å². The molecule has 4 rings (SSSR count). The van der Waals surface area contributed by atoms with Gasteiger partial charge in [0.25, 0.3) is 0 Å². The number of likely N-dealkylation sites (tertiary alicyclic amines) is 1. The van der Waals surface area contributed by atoms with E-state index in [1.54, 1.807) is 6.07 Å². The molecule has 1 N–H and O–H groups in total. The Labute approximate surface area is 203 Å². The van der Waals surface area contributed by atoms with Gasteiger partial charge < -0.3 is 29.5 Å². The molecule has 0 radical (unpaired) electrons. The molecule has 12 heteroatoms. The third-order valence-electron chi connectivity index (χ3n) is 6.09. The van der Waals surface area contributed by atoms with Crippen LogP contribution in [0.15, 0.2) is 11.2 Å². The molecule has 3 aliphatic heterocycles. The monoisotopic (exact) mass is 498 g/mol. The molecule has 1 aromatic rings. The lowest BCUT2D eigenvalue weighted by atomic mass is 10.0. The van der Waals surface area contributed by atoms with E-state index in [1.807, 2.05) is 16.7 Å². The van der Waals surface area contributed by atoms with Crippen LogP contribution in [0.4, 0.5) is 10.6 Å². The number of hydrogen-bond acceptors (Lipinski definition) is 8. The second kappa shape index (κ2) is 11.1. The van der Waals surface area contributed by atoms with Gasteiger partial charge in [0.05, 0.1) is 19.0 Å². The van der Waals surface area contributed by atoms with Crippen molar-refractivity contribution >= 4 is 41.1 Å². The quantitative estimate of drug-likeness (QED) is 0.360. The Kier molecular flexibility index (Phi) is 8.15. The van der Waals surface area contributed by atoms with Crippen LogP contribution < -0.4 is 10.2 Å². The first-order chi connectivity index (χ1) is 16.0. The number of carbonyl (C=O) groups is 2. The van der Waals surface area contributed by atoms with Gasteiger partial charge in [0.2, 0.25) is 5.91 Å². The normalized spacial score (nSPS) is 20.4. The van der Waals surface area contributed by atoms with E-state index in [-0.39, 0.29) is 17.7 Å². The smallest absolute Gasteiger partial charge is 0.317 e. The third-order valence-corrected chi connectivity index (χ3v) is 7.12. The standard InChI is InChI=1S/C21H31ClN6O4S/c1-2-5-23-20(30)28-10-8-26(9-11-28)17-14-16(22)24-19(25-17)33-15-18(29)27-6-3-21(4-7-27)31-12-13-32-21/h14H,2-13,15H2,1H3,(H,23,30). The van der Waals surface area contributed by atoms with Gasteiger partial charge in [-0.05, 0) is 6.42 Å². The number of piperidine rings is 1. The number of aromatic nitrogens is 2. The van der Waals surface area contributed by atoms with Gasteiger partial charge in [0.1, 0.15) is 11.0 Å². The molecule has 3 aliphatic rings. The van der Waals surface area contributed by atoms with Crippen molar-refractivity contribution in [2.24, 2.45) is 0 Å². The second-order valence-electron chi connectivity index (χ2n) is 8.31. The summed E-state index contributed by atoms with van der Waals surface area (Å²) >= 11 is 7.54. The lowest BCUT2D eigenvalue weighted by Crippen LogP contribution is -2.52. The zero-order valence-electron chi connectivity index (χ0n) is 18.9. The number of nitrogens with one attached hydrogen (secondary N) is 1. The number of thioether (sulfide) groups is 1. The van der Waals surface area contributed by atoms with Crippen molar-refractivity contribution < 1.29 is 19.1 Å². The van der Waals surface area contributed by atoms with E-state index in [0.717, 1.165) is 6.42 Å². The average molecular weight is 499 g/mol. The lowest BCUT2D eigenvalue weighted by molar-refractivity contribution is -0.186. The van der Waals surface area contributed by atoms with Crippen LogP contribution in [0.3, 0.4) is 0 Å². The summed E-state index contributed by atoms with van der Waals surface area (Å²) in [5.41, 5.74) is 0. The molecule has 10 nitrogen and oxygen atoms in total. The number of nitrogens with zero attached hydrogens (tertiary/aromatic N) is 5. The maximum atomic E-state index is 12.7. The van der Waals surface area contributed by atoms with Gasteiger partial charge in [-0.25, -0.2) is 14.8 Å². The fraction of sp³-hybridized carbons (Fsp3) is 0.714. The molecule has 1 spiro atoms. The van der Waals surface area contributed by atoms with E-state index >= 15 is 0 Å². The van der Waals surface area contributed by atoms with E-state index in [1.165, 1.54) is 11.8 Å². The molecular weight excluding hydrogens is 468 g/mol. The van der Waals surface area contributed by atoms with Gasteiger partial charge in [-0.1, -0.05) is 30.3 Å². The van der Waals surface area contributed by atoms with Crippen molar-refractivity contribution in [3.05, 3.63) is 11.2 Å². The zero-order valence-corrected chi connectivity index (χ0v) is 20.5. The van der Waals surface area contributed by atoms with Crippen LogP contribution in [0.25, 0.3) is 0 Å². The maximum absolute atomic E-state index is 12.7. The molecule has 4 heterocycles. The van der Waals surface area contributed by atoms with Gasteiger partial charge in [0.15, 0.2) is 10.9 Å². The van der Waals surface area contributed by atoms with Crippen molar-refractivity contribution in [2.75, 3.05) is 69.7 Å². The summed E-state index contributed by atoms with van der Waals surface area (Å²) in [4.78, 5) is 39.5. The molecule has 0 atom stereocenters. The summed E-state index contributed by atoms with van der Waals surface area (Å²) in [5, 5.41) is 3.73. The predicted octanol–water partition coefficient (Wildman–Crippen LogP) is 1.83. The number of hydrogen-bond donors (Lipinski definition) is 1. The summed E-state index contributed by atoms with van der Waals surface area (Å²) in [5.74, 6) is 0.522. The number of carbonyl (C=O) groups excluding carboxylic acids is 2. The highest BCUT2D eigenvalue weighted by Crippen LogP contribution is 2.31.